The number of nitrogens with zero attached hydrogens (tertiary/aromatic N) is 3. The highest BCUT2D eigenvalue weighted by molar-refractivity contribution is 5.09. The van der Waals surface area contributed by atoms with Crippen molar-refractivity contribution >= 4 is 0 Å². The fourth-order valence-corrected chi connectivity index (χ4v) is 1.54. The van der Waals surface area contributed by atoms with Crippen LogP contribution in [0.25, 0.3) is 0 Å². The van der Waals surface area contributed by atoms with E-state index in [4.69, 9.17) is 0 Å². The molecule has 16 heavy (non-hydrogen) atoms. The van der Waals surface area contributed by atoms with Crippen molar-refractivity contribution in [3.05, 3.63) is 48.0 Å². The molecule has 0 aromatic carbocycles. The van der Waals surface area contributed by atoms with Gasteiger partial charge >= 0.3 is 0 Å². The molecule has 0 bridgehead atoms. The quantitative estimate of drug-likeness (QED) is 0.768. The van der Waals surface area contributed by atoms with Gasteiger partial charge in [-0.2, -0.15) is 5.10 Å². The Hall–Kier alpha value is -1.68. The topological polar surface area (TPSA) is 42.7 Å². The zero-order chi connectivity index (χ0) is 11.2. The highest BCUT2D eigenvalue weighted by Crippen LogP contribution is 1.97. The standard InChI is InChI=1S/C12H16N4/c1-11-4-2-5-12(15-11)10-13-7-9-16-8-3-6-14-16/h2-6,8,13H,7,9-10H2,1H3. The van der Waals surface area contributed by atoms with E-state index in [1.54, 1.807) is 6.20 Å². The fourth-order valence-electron chi connectivity index (χ4n) is 1.54. The maximum Gasteiger partial charge on any atom is 0.0544 e. The Morgan fingerprint density at radius 2 is 2.25 bits per heavy atom. The molecule has 0 aliphatic carbocycles. The Morgan fingerprint density at radius 1 is 1.31 bits per heavy atom. The number of nitrogens with one attached hydrogen (secondary N) is 1. The van der Waals surface area contributed by atoms with Gasteiger partial charge in [-0.3, -0.25) is 9.67 Å². The normalized spacial score (nSPS) is 10.6. The Bertz CT molecular complexity index is 422. The highest BCUT2D eigenvalue weighted by atomic mass is 15.3. The van der Waals surface area contributed by atoms with Gasteiger partial charge in [0.05, 0.1) is 12.2 Å². The molecule has 0 saturated carbocycles. The van der Waals surface area contributed by atoms with Crippen molar-refractivity contribution in [3.8, 4) is 0 Å². The Kier molecular flexibility index (Phi) is 3.66. The molecule has 0 atom stereocenters. The molecular formula is C12H16N4. The maximum atomic E-state index is 4.42. The van der Waals surface area contributed by atoms with Gasteiger partial charge in [-0.1, -0.05) is 6.07 Å². The number of aromatic nitrogens is 3. The third-order valence-electron chi connectivity index (χ3n) is 2.33. The minimum absolute atomic E-state index is 0.808. The van der Waals surface area contributed by atoms with Gasteiger partial charge in [0.15, 0.2) is 0 Å². The highest BCUT2D eigenvalue weighted by Gasteiger charge is 1.94. The minimum Gasteiger partial charge on any atom is -0.309 e. The summed E-state index contributed by atoms with van der Waals surface area (Å²) in [7, 11) is 0. The van der Waals surface area contributed by atoms with Crippen LogP contribution in [0.2, 0.25) is 0 Å². The molecule has 0 saturated heterocycles. The third-order valence-corrected chi connectivity index (χ3v) is 2.33. The lowest BCUT2D eigenvalue weighted by Crippen LogP contribution is -2.20. The van der Waals surface area contributed by atoms with E-state index in [1.165, 1.54) is 0 Å². The van der Waals surface area contributed by atoms with Crippen LogP contribution in [-0.4, -0.2) is 21.3 Å². The maximum absolute atomic E-state index is 4.42. The van der Waals surface area contributed by atoms with E-state index in [-0.39, 0.29) is 0 Å². The molecule has 0 aliphatic rings. The van der Waals surface area contributed by atoms with Gasteiger partial charge in [0.25, 0.3) is 0 Å². The van der Waals surface area contributed by atoms with Gasteiger partial charge in [0.1, 0.15) is 0 Å². The molecule has 0 unspecified atom stereocenters. The Labute approximate surface area is 95.3 Å². The summed E-state index contributed by atoms with van der Waals surface area (Å²) in [5.41, 5.74) is 2.15. The molecular weight excluding hydrogens is 200 g/mol. The summed E-state index contributed by atoms with van der Waals surface area (Å²) in [6.07, 6.45) is 3.76. The predicted octanol–water partition coefficient (Wildman–Crippen LogP) is 1.38. The van der Waals surface area contributed by atoms with E-state index in [0.29, 0.717) is 0 Å². The van der Waals surface area contributed by atoms with E-state index in [1.807, 2.05) is 42.1 Å². The first kappa shape index (κ1) is 10.8. The molecule has 0 radical (unpaired) electrons. The lowest BCUT2D eigenvalue weighted by molar-refractivity contribution is 0.551. The molecule has 0 spiro atoms. The summed E-state index contributed by atoms with van der Waals surface area (Å²) >= 11 is 0. The molecule has 1 N–H and O–H groups in total. The first-order valence-corrected chi connectivity index (χ1v) is 5.45. The van der Waals surface area contributed by atoms with Crippen molar-refractivity contribution in [2.24, 2.45) is 0 Å². The number of pyridine rings is 1. The Balaban J connectivity index is 1.72. The van der Waals surface area contributed by atoms with Crippen LogP contribution in [-0.2, 0) is 13.1 Å². The fraction of sp³-hybridized carbons (Fsp3) is 0.333. The summed E-state index contributed by atoms with van der Waals surface area (Å²) in [4.78, 5) is 4.42. The number of hydrogen-bond acceptors (Lipinski definition) is 3. The summed E-state index contributed by atoms with van der Waals surface area (Å²) in [6, 6.07) is 8.01. The van der Waals surface area contributed by atoms with E-state index in [9.17, 15) is 0 Å². The van der Waals surface area contributed by atoms with Gasteiger partial charge in [-0.15, -0.1) is 0 Å². The smallest absolute Gasteiger partial charge is 0.0544 e. The summed E-state index contributed by atoms with van der Waals surface area (Å²) in [5.74, 6) is 0. The molecule has 0 amide bonds. The second-order valence-electron chi connectivity index (χ2n) is 3.72. The molecule has 0 fully saturated rings. The van der Waals surface area contributed by atoms with E-state index in [0.717, 1.165) is 31.0 Å². The van der Waals surface area contributed by atoms with Crippen LogP contribution in [0.1, 0.15) is 11.4 Å². The largest absolute Gasteiger partial charge is 0.309 e. The summed E-state index contributed by atoms with van der Waals surface area (Å²) < 4.78 is 1.91. The number of rotatable bonds is 5. The van der Waals surface area contributed by atoms with Gasteiger partial charge in [-0.25, -0.2) is 0 Å². The molecule has 2 aromatic rings. The third kappa shape index (κ3) is 3.17. The average molecular weight is 216 g/mol. The van der Waals surface area contributed by atoms with Crippen molar-refractivity contribution in [1.29, 1.82) is 0 Å². The first-order valence-electron chi connectivity index (χ1n) is 5.45. The van der Waals surface area contributed by atoms with Crippen LogP contribution in [0, 0.1) is 6.92 Å². The second-order valence-corrected chi connectivity index (χ2v) is 3.72. The van der Waals surface area contributed by atoms with E-state index < -0.39 is 0 Å². The zero-order valence-corrected chi connectivity index (χ0v) is 9.43. The van der Waals surface area contributed by atoms with Gasteiger partial charge in [-0.05, 0) is 25.1 Å². The molecule has 4 heteroatoms. The van der Waals surface area contributed by atoms with Crippen molar-refractivity contribution in [1.82, 2.24) is 20.1 Å². The number of aryl methyl sites for hydroxylation is 1. The lowest BCUT2D eigenvalue weighted by Gasteiger charge is -2.05. The summed E-state index contributed by atoms with van der Waals surface area (Å²) in [5, 5.41) is 7.48. The SMILES string of the molecule is Cc1cccc(CNCCn2cccn2)n1. The van der Waals surface area contributed by atoms with Crippen LogP contribution < -0.4 is 5.32 Å². The van der Waals surface area contributed by atoms with Crippen molar-refractivity contribution < 1.29 is 0 Å². The monoisotopic (exact) mass is 216 g/mol. The van der Waals surface area contributed by atoms with Crippen molar-refractivity contribution in [3.63, 3.8) is 0 Å². The van der Waals surface area contributed by atoms with Crippen LogP contribution in [0.5, 0.6) is 0 Å². The van der Waals surface area contributed by atoms with Gasteiger partial charge in [0.2, 0.25) is 0 Å². The van der Waals surface area contributed by atoms with Crippen LogP contribution in [0.4, 0.5) is 0 Å². The first-order chi connectivity index (χ1) is 7.84. The van der Waals surface area contributed by atoms with Crippen molar-refractivity contribution in [2.45, 2.75) is 20.0 Å². The van der Waals surface area contributed by atoms with Crippen LogP contribution >= 0.6 is 0 Å². The average Bonchev–Trinajstić information content (AvgIpc) is 2.77. The van der Waals surface area contributed by atoms with E-state index in [2.05, 4.69) is 15.4 Å². The molecule has 2 aromatic heterocycles. The predicted molar refractivity (Wildman–Crippen MR) is 62.9 cm³/mol. The molecule has 4 nitrogen and oxygen atoms in total. The zero-order valence-electron chi connectivity index (χ0n) is 9.43. The lowest BCUT2D eigenvalue weighted by atomic mass is 10.3. The summed E-state index contributed by atoms with van der Waals surface area (Å²) in [6.45, 7) is 4.60. The Morgan fingerprint density at radius 3 is 3.00 bits per heavy atom. The van der Waals surface area contributed by atoms with E-state index >= 15 is 0 Å². The van der Waals surface area contributed by atoms with Gasteiger partial charge in [0, 0.05) is 31.2 Å². The van der Waals surface area contributed by atoms with Crippen LogP contribution in [0.15, 0.2) is 36.7 Å². The molecule has 2 heterocycles. The molecule has 0 aliphatic heterocycles. The second kappa shape index (κ2) is 5.42. The number of hydrogen-bond donors (Lipinski definition) is 1. The van der Waals surface area contributed by atoms with Gasteiger partial charge < -0.3 is 5.32 Å². The van der Waals surface area contributed by atoms with Crippen LogP contribution in [0.3, 0.4) is 0 Å². The molecule has 2 rings (SSSR count). The van der Waals surface area contributed by atoms with Crippen molar-refractivity contribution in [2.75, 3.05) is 6.54 Å². The minimum atomic E-state index is 0.808. The molecule has 84 valence electrons.